The minimum atomic E-state index is -0.327. The van der Waals surface area contributed by atoms with Crippen molar-refractivity contribution in [3.8, 4) is 0 Å². The van der Waals surface area contributed by atoms with Crippen LogP contribution in [-0.4, -0.2) is 19.1 Å². The van der Waals surface area contributed by atoms with Crippen LogP contribution in [0.15, 0.2) is 42.5 Å². The summed E-state index contributed by atoms with van der Waals surface area (Å²) in [7, 11) is 0. The maximum Gasteiger partial charge on any atom is 0.333 e. The smallest absolute Gasteiger partial charge is 0.333 e. The first kappa shape index (κ1) is 15.4. The number of carbonyl (C=O) groups is 1. The van der Waals surface area contributed by atoms with Gasteiger partial charge in [-0.1, -0.05) is 43.8 Å². The Morgan fingerprint density at radius 2 is 2.00 bits per heavy atom. The van der Waals surface area contributed by atoms with E-state index in [1.54, 1.807) is 6.92 Å². The summed E-state index contributed by atoms with van der Waals surface area (Å²) in [6, 6.07) is 10.2. The third-order valence-corrected chi connectivity index (χ3v) is 3.30. The van der Waals surface area contributed by atoms with Crippen molar-refractivity contribution < 1.29 is 9.53 Å². The molecular weight excluding hydrogens is 238 g/mol. The average molecular weight is 261 g/mol. The second kappa shape index (κ2) is 7.74. The number of hydrogen-bond acceptors (Lipinski definition) is 3. The fraction of sp³-hybridized carbons (Fsp3) is 0.438. The predicted molar refractivity (Wildman–Crippen MR) is 77.8 cm³/mol. The third kappa shape index (κ3) is 4.87. The molecule has 0 saturated heterocycles. The SMILES string of the molecule is C=C(C)C(=O)OCCC(c1ccccc1)C(C)CN. The second-order valence-electron chi connectivity index (χ2n) is 4.94. The molecule has 2 N–H and O–H groups in total. The molecule has 3 heteroatoms. The topological polar surface area (TPSA) is 52.3 Å². The van der Waals surface area contributed by atoms with E-state index < -0.39 is 0 Å². The molecule has 0 aliphatic rings. The molecule has 0 amide bonds. The van der Waals surface area contributed by atoms with Gasteiger partial charge in [0, 0.05) is 5.57 Å². The van der Waals surface area contributed by atoms with Gasteiger partial charge in [0.15, 0.2) is 0 Å². The van der Waals surface area contributed by atoms with Gasteiger partial charge in [-0.25, -0.2) is 4.79 Å². The van der Waals surface area contributed by atoms with E-state index in [9.17, 15) is 4.79 Å². The Morgan fingerprint density at radius 1 is 1.37 bits per heavy atom. The highest BCUT2D eigenvalue weighted by atomic mass is 16.5. The number of benzene rings is 1. The summed E-state index contributed by atoms with van der Waals surface area (Å²) in [5.41, 5.74) is 7.44. The van der Waals surface area contributed by atoms with Gasteiger partial charge in [0.25, 0.3) is 0 Å². The highest BCUT2D eigenvalue weighted by Gasteiger charge is 2.18. The van der Waals surface area contributed by atoms with E-state index in [0.717, 1.165) is 6.42 Å². The van der Waals surface area contributed by atoms with Crippen LogP contribution in [0.2, 0.25) is 0 Å². The average Bonchev–Trinajstić information content (AvgIpc) is 2.43. The van der Waals surface area contributed by atoms with Crippen LogP contribution in [0.5, 0.6) is 0 Å². The van der Waals surface area contributed by atoms with Crippen LogP contribution in [0.4, 0.5) is 0 Å². The van der Waals surface area contributed by atoms with Crippen molar-refractivity contribution in [2.75, 3.05) is 13.2 Å². The molecule has 0 aliphatic heterocycles. The number of nitrogens with two attached hydrogens (primary N) is 1. The van der Waals surface area contributed by atoms with Crippen molar-refractivity contribution in [2.45, 2.75) is 26.2 Å². The van der Waals surface area contributed by atoms with Gasteiger partial charge in [-0.15, -0.1) is 0 Å². The van der Waals surface area contributed by atoms with Gasteiger partial charge in [0.2, 0.25) is 0 Å². The summed E-state index contributed by atoms with van der Waals surface area (Å²) in [6.07, 6.45) is 0.779. The van der Waals surface area contributed by atoms with Crippen LogP contribution in [-0.2, 0) is 9.53 Å². The Labute approximate surface area is 115 Å². The molecule has 2 unspecified atom stereocenters. The molecule has 104 valence electrons. The predicted octanol–water partition coefficient (Wildman–Crippen LogP) is 2.87. The van der Waals surface area contributed by atoms with Crippen molar-refractivity contribution in [1.29, 1.82) is 0 Å². The molecule has 0 fully saturated rings. The molecule has 0 saturated carbocycles. The Balaban J connectivity index is 2.62. The lowest BCUT2D eigenvalue weighted by Gasteiger charge is -2.23. The Morgan fingerprint density at radius 3 is 2.53 bits per heavy atom. The molecule has 1 rings (SSSR count). The molecule has 0 bridgehead atoms. The van der Waals surface area contributed by atoms with E-state index in [-0.39, 0.29) is 5.97 Å². The maximum atomic E-state index is 11.4. The van der Waals surface area contributed by atoms with E-state index in [1.165, 1.54) is 5.56 Å². The first-order valence-electron chi connectivity index (χ1n) is 6.64. The minimum absolute atomic E-state index is 0.309. The van der Waals surface area contributed by atoms with E-state index in [2.05, 4.69) is 25.6 Å². The fourth-order valence-electron chi connectivity index (χ4n) is 2.05. The summed E-state index contributed by atoms with van der Waals surface area (Å²) in [5.74, 6) is 0.335. The van der Waals surface area contributed by atoms with Gasteiger partial charge in [-0.2, -0.15) is 0 Å². The highest BCUT2D eigenvalue weighted by Crippen LogP contribution is 2.27. The molecule has 19 heavy (non-hydrogen) atoms. The van der Waals surface area contributed by atoms with Crippen molar-refractivity contribution in [1.82, 2.24) is 0 Å². The van der Waals surface area contributed by atoms with Crippen LogP contribution < -0.4 is 5.73 Å². The molecule has 3 nitrogen and oxygen atoms in total. The van der Waals surface area contributed by atoms with Crippen LogP contribution in [0.25, 0.3) is 0 Å². The summed E-state index contributed by atoms with van der Waals surface area (Å²) in [4.78, 5) is 11.4. The number of ether oxygens (including phenoxy) is 1. The monoisotopic (exact) mass is 261 g/mol. The van der Waals surface area contributed by atoms with Gasteiger partial charge >= 0.3 is 5.97 Å². The highest BCUT2D eigenvalue weighted by molar-refractivity contribution is 5.86. The van der Waals surface area contributed by atoms with Gasteiger partial charge in [0.1, 0.15) is 0 Å². The van der Waals surface area contributed by atoms with Gasteiger partial charge in [-0.05, 0) is 37.3 Å². The Hall–Kier alpha value is -1.61. The van der Waals surface area contributed by atoms with Crippen molar-refractivity contribution in [3.63, 3.8) is 0 Å². The largest absolute Gasteiger partial charge is 0.462 e. The third-order valence-electron chi connectivity index (χ3n) is 3.30. The minimum Gasteiger partial charge on any atom is -0.462 e. The summed E-state index contributed by atoms with van der Waals surface area (Å²) in [6.45, 7) is 8.36. The number of esters is 1. The maximum absolute atomic E-state index is 11.4. The van der Waals surface area contributed by atoms with Gasteiger partial charge in [-0.3, -0.25) is 0 Å². The van der Waals surface area contributed by atoms with Crippen LogP contribution >= 0.6 is 0 Å². The van der Waals surface area contributed by atoms with Gasteiger partial charge in [0.05, 0.1) is 6.61 Å². The standard InChI is InChI=1S/C16H23NO2/c1-12(2)16(18)19-10-9-15(13(3)11-17)14-7-5-4-6-8-14/h4-8,13,15H,1,9-11,17H2,2-3H3. The molecular formula is C16H23NO2. The van der Waals surface area contributed by atoms with Crippen LogP contribution in [0, 0.1) is 5.92 Å². The van der Waals surface area contributed by atoms with Crippen LogP contribution in [0.1, 0.15) is 31.7 Å². The van der Waals surface area contributed by atoms with E-state index in [4.69, 9.17) is 10.5 Å². The Bertz CT molecular complexity index is 414. The first-order valence-corrected chi connectivity index (χ1v) is 6.64. The second-order valence-corrected chi connectivity index (χ2v) is 4.94. The molecule has 1 aromatic carbocycles. The number of carbonyl (C=O) groups excluding carboxylic acids is 1. The zero-order valence-electron chi connectivity index (χ0n) is 11.8. The van der Waals surface area contributed by atoms with Crippen LogP contribution in [0.3, 0.4) is 0 Å². The van der Waals surface area contributed by atoms with E-state index >= 15 is 0 Å². The molecule has 0 aliphatic carbocycles. The fourth-order valence-corrected chi connectivity index (χ4v) is 2.05. The lowest BCUT2D eigenvalue weighted by molar-refractivity contribution is -0.139. The first-order chi connectivity index (χ1) is 9.06. The molecule has 0 aromatic heterocycles. The molecule has 2 atom stereocenters. The molecule has 0 heterocycles. The zero-order valence-corrected chi connectivity index (χ0v) is 11.8. The Kier molecular flexibility index (Phi) is 6.30. The van der Waals surface area contributed by atoms with E-state index in [0.29, 0.717) is 30.6 Å². The summed E-state index contributed by atoms with van der Waals surface area (Å²) < 4.78 is 5.17. The van der Waals surface area contributed by atoms with Crippen molar-refractivity contribution >= 4 is 5.97 Å². The lowest BCUT2D eigenvalue weighted by Crippen LogP contribution is -2.21. The number of rotatable bonds is 7. The summed E-state index contributed by atoms with van der Waals surface area (Å²) >= 11 is 0. The van der Waals surface area contributed by atoms with Crippen molar-refractivity contribution in [2.24, 2.45) is 11.7 Å². The summed E-state index contributed by atoms with van der Waals surface area (Å²) in [5, 5.41) is 0. The quantitative estimate of drug-likeness (QED) is 0.606. The van der Waals surface area contributed by atoms with E-state index in [1.807, 2.05) is 18.2 Å². The number of hydrogen-bond donors (Lipinski definition) is 1. The lowest BCUT2D eigenvalue weighted by atomic mass is 9.85. The van der Waals surface area contributed by atoms with Gasteiger partial charge < -0.3 is 10.5 Å². The normalized spacial score (nSPS) is 13.6. The molecule has 0 spiro atoms. The van der Waals surface area contributed by atoms with Crippen molar-refractivity contribution in [3.05, 3.63) is 48.0 Å². The zero-order chi connectivity index (χ0) is 14.3. The molecule has 1 aromatic rings. The molecule has 0 radical (unpaired) electrons.